The number of hydrogen-bond donors (Lipinski definition) is 1. The first-order valence-corrected chi connectivity index (χ1v) is 8.94. The lowest BCUT2D eigenvalue weighted by molar-refractivity contribution is -0.116. The van der Waals surface area contributed by atoms with Crippen molar-refractivity contribution in [1.29, 1.82) is 0 Å². The molecule has 0 spiro atoms. The molecule has 0 bridgehead atoms. The summed E-state index contributed by atoms with van der Waals surface area (Å²) >= 11 is 0. The van der Waals surface area contributed by atoms with Gasteiger partial charge in [-0.25, -0.2) is 0 Å². The fourth-order valence-electron chi connectivity index (χ4n) is 2.49. The zero-order valence-corrected chi connectivity index (χ0v) is 16.3. The Balaban J connectivity index is 1.83. The lowest BCUT2D eigenvalue weighted by Crippen LogP contribution is -2.23. The highest BCUT2D eigenvalue weighted by Gasteiger charge is 2.02. The van der Waals surface area contributed by atoms with E-state index in [4.69, 9.17) is 14.2 Å². The van der Waals surface area contributed by atoms with Crippen LogP contribution in [-0.4, -0.2) is 32.8 Å². The number of amides is 1. The summed E-state index contributed by atoms with van der Waals surface area (Å²) in [5.74, 6) is 2.07. The van der Waals surface area contributed by atoms with Gasteiger partial charge in [0.25, 0.3) is 0 Å². The minimum Gasteiger partial charge on any atom is -0.497 e. The van der Waals surface area contributed by atoms with Gasteiger partial charge in [0.1, 0.15) is 17.2 Å². The first-order valence-electron chi connectivity index (χ1n) is 8.94. The molecule has 0 saturated carbocycles. The summed E-state index contributed by atoms with van der Waals surface area (Å²) in [4.78, 5) is 12.0. The number of ether oxygens (including phenoxy) is 3. The number of nitrogens with one attached hydrogen (secondary N) is 1. The van der Waals surface area contributed by atoms with Crippen molar-refractivity contribution in [2.75, 3.05) is 20.8 Å². The summed E-state index contributed by atoms with van der Waals surface area (Å²) in [6.45, 7) is 4.56. The van der Waals surface area contributed by atoms with Crippen molar-refractivity contribution in [1.82, 2.24) is 5.32 Å². The molecule has 2 aromatic rings. The minimum atomic E-state index is -0.142. The Kier molecular flexibility index (Phi) is 7.74. The predicted molar refractivity (Wildman–Crippen MR) is 107 cm³/mol. The molecule has 0 aliphatic heterocycles. The number of methoxy groups -OCH3 is 2. The van der Waals surface area contributed by atoms with Crippen LogP contribution in [0.2, 0.25) is 0 Å². The van der Waals surface area contributed by atoms with Crippen LogP contribution in [-0.2, 0) is 11.2 Å². The van der Waals surface area contributed by atoms with Gasteiger partial charge in [0.2, 0.25) is 5.91 Å². The lowest BCUT2D eigenvalue weighted by Gasteiger charge is -2.10. The van der Waals surface area contributed by atoms with Gasteiger partial charge in [0, 0.05) is 18.7 Å². The van der Waals surface area contributed by atoms with Gasteiger partial charge in [-0.05, 0) is 61.7 Å². The summed E-state index contributed by atoms with van der Waals surface area (Å²) < 4.78 is 16.1. The molecular formula is C22H27NO4. The molecule has 0 saturated heterocycles. The molecule has 27 heavy (non-hydrogen) atoms. The van der Waals surface area contributed by atoms with Gasteiger partial charge in [-0.1, -0.05) is 12.1 Å². The summed E-state index contributed by atoms with van der Waals surface area (Å²) in [5, 5.41) is 2.89. The van der Waals surface area contributed by atoms with E-state index in [0.29, 0.717) is 18.0 Å². The standard InChI is InChI=1S/C22H27NO4/c1-16(2)27-19-8-5-17(6-9-19)11-12-23-22(24)10-7-18-13-20(25-3)15-21(14-18)26-4/h5-10,13-16H,11-12H2,1-4H3,(H,23,24)/b10-7+. The normalized spacial score (nSPS) is 10.9. The fraction of sp³-hybridized carbons (Fsp3) is 0.318. The Bertz CT molecular complexity index is 744. The summed E-state index contributed by atoms with van der Waals surface area (Å²) in [7, 11) is 3.19. The Hall–Kier alpha value is -2.95. The molecule has 2 rings (SSSR count). The van der Waals surface area contributed by atoms with E-state index in [-0.39, 0.29) is 12.0 Å². The first kappa shape index (κ1) is 20.4. The van der Waals surface area contributed by atoms with Gasteiger partial charge in [-0.15, -0.1) is 0 Å². The zero-order chi connectivity index (χ0) is 19.6. The molecule has 1 N–H and O–H groups in total. The van der Waals surface area contributed by atoms with Crippen LogP contribution in [0.4, 0.5) is 0 Å². The number of carbonyl (C=O) groups excluding carboxylic acids is 1. The van der Waals surface area contributed by atoms with E-state index in [2.05, 4.69) is 5.32 Å². The number of hydrogen-bond acceptors (Lipinski definition) is 4. The van der Waals surface area contributed by atoms with Crippen LogP contribution in [0, 0.1) is 0 Å². The number of benzene rings is 2. The monoisotopic (exact) mass is 369 g/mol. The van der Waals surface area contributed by atoms with Crippen molar-refractivity contribution < 1.29 is 19.0 Å². The Morgan fingerprint density at radius 3 is 2.19 bits per heavy atom. The molecule has 1 amide bonds. The summed E-state index contributed by atoms with van der Waals surface area (Å²) in [6.07, 6.45) is 4.16. The van der Waals surface area contributed by atoms with Gasteiger partial charge in [0.05, 0.1) is 20.3 Å². The average molecular weight is 369 g/mol. The van der Waals surface area contributed by atoms with E-state index < -0.39 is 0 Å². The molecule has 0 atom stereocenters. The summed E-state index contributed by atoms with van der Waals surface area (Å²) in [5.41, 5.74) is 1.98. The zero-order valence-electron chi connectivity index (χ0n) is 16.3. The van der Waals surface area contributed by atoms with Crippen molar-refractivity contribution in [3.63, 3.8) is 0 Å². The van der Waals surface area contributed by atoms with Crippen molar-refractivity contribution in [3.05, 3.63) is 59.7 Å². The lowest BCUT2D eigenvalue weighted by atomic mass is 10.1. The molecule has 144 valence electrons. The van der Waals surface area contributed by atoms with Crippen LogP contribution in [0.15, 0.2) is 48.5 Å². The van der Waals surface area contributed by atoms with Crippen molar-refractivity contribution >= 4 is 12.0 Å². The quantitative estimate of drug-likeness (QED) is 0.682. The van der Waals surface area contributed by atoms with Gasteiger partial charge in [0.15, 0.2) is 0 Å². The minimum absolute atomic E-state index is 0.142. The second-order valence-electron chi connectivity index (χ2n) is 6.33. The van der Waals surface area contributed by atoms with Gasteiger partial charge in [-0.3, -0.25) is 4.79 Å². The summed E-state index contributed by atoms with van der Waals surface area (Å²) in [6, 6.07) is 13.4. The van der Waals surface area contributed by atoms with Crippen molar-refractivity contribution in [2.45, 2.75) is 26.4 Å². The van der Waals surface area contributed by atoms with Crippen LogP contribution in [0.5, 0.6) is 17.2 Å². The SMILES string of the molecule is COc1cc(/C=C/C(=O)NCCc2ccc(OC(C)C)cc2)cc(OC)c1. The van der Waals surface area contributed by atoms with Crippen LogP contribution < -0.4 is 19.5 Å². The Labute approximate surface area is 161 Å². The van der Waals surface area contributed by atoms with Crippen molar-refractivity contribution in [3.8, 4) is 17.2 Å². The number of carbonyl (C=O) groups is 1. The molecule has 5 heteroatoms. The topological polar surface area (TPSA) is 56.8 Å². The maximum atomic E-state index is 12.0. The van der Waals surface area contributed by atoms with Gasteiger partial charge >= 0.3 is 0 Å². The van der Waals surface area contributed by atoms with E-state index in [1.807, 2.05) is 50.2 Å². The maximum Gasteiger partial charge on any atom is 0.244 e. The highest BCUT2D eigenvalue weighted by atomic mass is 16.5. The van der Waals surface area contributed by atoms with Gasteiger partial charge < -0.3 is 19.5 Å². The highest BCUT2D eigenvalue weighted by Crippen LogP contribution is 2.23. The van der Waals surface area contributed by atoms with Crippen molar-refractivity contribution in [2.24, 2.45) is 0 Å². The highest BCUT2D eigenvalue weighted by molar-refractivity contribution is 5.91. The molecule has 5 nitrogen and oxygen atoms in total. The van der Waals surface area contributed by atoms with E-state index in [1.165, 1.54) is 6.08 Å². The first-order chi connectivity index (χ1) is 13.0. The van der Waals surface area contributed by atoms with E-state index >= 15 is 0 Å². The Morgan fingerprint density at radius 2 is 1.63 bits per heavy atom. The molecule has 0 fully saturated rings. The van der Waals surface area contributed by atoms with Crippen LogP contribution in [0.25, 0.3) is 6.08 Å². The third kappa shape index (κ3) is 7.05. The third-order valence-corrected chi connectivity index (χ3v) is 3.81. The van der Waals surface area contributed by atoms with Crippen LogP contribution in [0.3, 0.4) is 0 Å². The molecular weight excluding hydrogens is 342 g/mol. The number of rotatable bonds is 9. The molecule has 2 aromatic carbocycles. The van der Waals surface area contributed by atoms with Crippen LogP contribution >= 0.6 is 0 Å². The largest absolute Gasteiger partial charge is 0.497 e. The molecule has 0 aromatic heterocycles. The second kappa shape index (κ2) is 10.3. The van der Waals surface area contributed by atoms with Crippen LogP contribution in [0.1, 0.15) is 25.0 Å². The Morgan fingerprint density at radius 1 is 1.00 bits per heavy atom. The fourth-order valence-corrected chi connectivity index (χ4v) is 2.49. The molecule has 0 aliphatic carbocycles. The van der Waals surface area contributed by atoms with E-state index in [1.54, 1.807) is 26.4 Å². The van der Waals surface area contributed by atoms with E-state index in [9.17, 15) is 4.79 Å². The predicted octanol–water partition coefficient (Wildman–Crippen LogP) is 3.86. The molecule has 0 aliphatic rings. The molecule has 0 heterocycles. The third-order valence-electron chi connectivity index (χ3n) is 3.81. The maximum absolute atomic E-state index is 12.0. The van der Waals surface area contributed by atoms with Gasteiger partial charge in [-0.2, -0.15) is 0 Å². The molecule has 0 radical (unpaired) electrons. The average Bonchev–Trinajstić information content (AvgIpc) is 2.67. The van der Waals surface area contributed by atoms with E-state index in [0.717, 1.165) is 23.3 Å². The second-order valence-corrected chi connectivity index (χ2v) is 6.33. The smallest absolute Gasteiger partial charge is 0.244 e. The molecule has 0 unspecified atom stereocenters.